The molecule has 1 N–H and O–H groups in total. The lowest BCUT2D eigenvalue weighted by Crippen LogP contribution is -2.46. The third-order valence-electron chi connectivity index (χ3n) is 6.66. The molecule has 1 fully saturated rings. The predicted octanol–water partition coefficient (Wildman–Crippen LogP) is 5.59. The van der Waals surface area contributed by atoms with Gasteiger partial charge >= 0.3 is 0 Å². The van der Waals surface area contributed by atoms with Crippen molar-refractivity contribution < 1.29 is 9.90 Å². The van der Waals surface area contributed by atoms with Crippen molar-refractivity contribution in [3.05, 3.63) is 72.1 Å². The maximum absolute atomic E-state index is 13.1. The Kier molecular flexibility index (Phi) is 7.72. The minimum atomic E-state index is 0.159. The van der Waals surface area contributed by atoms with Crippen LogP contribution in [0.4, 0.5) is 0 Å². The van der Waals surface area contributed by atoms with Gasteiger partial charge in [-0.3, -0.25) is 14.3 Å². The Morgan fingerprint density at radius 3 is 2.18 bits per heavy atom. The first-order valence-electron chi connectivity index (χ1n) is 12.1. The number of aliphatic hydroxyl groups is 1. The first-order valence-corrected chi connectivity index (χ1v) is 12.1. The van der Waals surface area contributed by atoms with Gasteiger partial charge in [-0.1, -0.05) is 54.8 Å². The molecule has 0 radical (unpaired) electrons. The first kappa shape index (κ1) is 23.7. The number of para-hydroxylation sites is 2. The molecule has 0 saturated carbocycles. The van der Waals surface area contributed by atoms with Gasteiger partial charge in [0, 0.05) is 49.4 Å². The number of fused-ring (bicyclic) bond motifs is 3. The van der Waals surface area contributed by atoms with Crippen LogP contribution in [0.2, 0.25) is 0 Å². The Morgan fingerprint density at radius 2 is 1.59 bits per heavy atom. The molecule has 1 aliphatic rings. The lowest BCUT2D eigenvalue weighted by Gasteiger charge is -2.37. The number of nitrogens with zero attached hydrogens (tertiary/aromatic N) is 3. The number of aliphatic hydroxyl groups excluding tert-OH is 1. The van der Waals surface area contributed by atoms with E-state index in [0.29, 0.717) is 6.42 Å². The smallest absolute Gasteiger partial charge is 0.231 e. The third kappa shape index (κ3) is 5.03. The quantitative estimate of drug-likeness (QED) is 0.208. The SMILES string of the molecule is C#C/C=C(O)\C(=C/C)N1CCN(CCCCCC(=O)n2c3ccccc3c3ccccc32)CC1. The molecule has 0 aliphatic carbocycles. The summed E-state index contributed by atoms with van der Waals surface area (Å²) in [5, 5.41) is 12.4. The number of rotatable bonds is 8. The van der Waals surface area contributed by atoms with E-state index in [1.54, 1.807) is 0 Å². The molecule has 0 bridgehead atoms. The Balaban J connectivity index is 1.24. The van der Waals surface area contributed by atoms with Crippen LogP contribution in [0.1, 0.15) is 37.4 Å². The van der Waals surface area contributed by atoms with E-state index in [-0.39, 0.29) is 11.7 Å². The maximum atomic E-state index is 13.1. The minimum Gasteiger partial charge on any atom is -0.505 e. The molecular formula is C29H33N3O2. The molecule has 4 rings (SSSR count). The molecule has 3 aromatic rings. The Bertz CT molecular complexity index is 1200. The van der Waals surface area contributed by atoms with Gasteiger partial charge in [0.1, 0.15) is 5.76 Å². The fraction of sp³-hybridized carbons (Fsp3) is 0.345. The van der Waals surface area contributed by atoms with Gasteiger partial charge in [0.25, 0.3) is 0 Å². The minimum absolute atomic E-state index is 0.159. The van der Waals surface area contributed by atoms with Crippen molar-refractivity contribution in [2.24, 2.45) is 0 Å². The Morgan fingerprint density at radius 1 is 0.971 bits per heavy atom. The summed E-state index contributed by atoms with van der Waals surface area (Å²) in [5.41, 5.74) is 2.80. The van der Waals surface area contributed by atoms with Crippen molar-refractivity contribution in [2.45, 2.75) is 32.6 Å². The molecule has 5 heteroatoms. The van der Waals surface area contributed by atoms with Crippen molar-refractivity contribution in [1.29, 1.82) is 0 Å². The molecule has 176 valence electrons. The van der Waals surface area contributed by atoms with Crippen LogP contribution >= 0.6 is 0 Å². The average molecular weight is 456 g/mol. The van der Waals surface area contributed by atoms with Gasteiger partial charge in [0.05, 0.1) is 16.7 Å². The second-order valence-electron chi connectivity index (χ2n) is 8.77. The summed E-state index contributed by atoms with van der Waals surface area (Å²) < 4.78 is 1.90. The van der Waals surface area contributed by atoms with Gasteiger partial charge in [-0.25, -0.2) is 0 Å². The lowest BCUT2D eigenvalue weighted by molar-refractivity contribution is 0.0908. The van der Waals surface area contributed by atoms with E-state index >= 15 is 0 Å². The largest absolute Gasteiger partial charge is 0.505 e. The molecule has 2 heterocycles. The molecule has 0 atom stereocenters. The van der Waals surface area contributed by atoms with Crippen molar-refractivity contribution in [3.63, 3.8) is 0 Å². The zero-order valence-electron chi connectivity index (χ0n) is 19.9. The number of piperazine rings is 1. The van der Waals surface area contributed by atoms with E-state index in [4.69, 9.17) is 6.42 Å². The van der Waals surface area contributed by atoms with E-state index < -0.39 is 0 Å². The van der Waals surface area contributed by atoms with Crippen LogP contribution < -0.4 is 0 Å². The van der Waals surface area contributed by atoms with Crippen LogP contribution in [0.3, 0.4) is 0 Å². The molecule has 0 spiro atoms. The number of aromatic nitrogens is 1. The lowest BCUT2D eigenvalue weighted by atomic mass is 10.1. The van der Waals surface area contributed by atoms with Crippen LogP contribution in [0, 0.1) is 12.3 Å². The van der Waals surface area contributed by atoms with Crippen LogP contribution in [-0.4, -0.2) is 58.1 Å². The highest BCUT2D eigenvalue weighted by molar-refractivity contribution is 6.13. The Hall–Kier alpha value is -3.49. The van der Waals surface area contributed by atoms with Crippen molar-refractivity contribution in [3.8, 4) is 12.3 Å². The summed E-state index contributed by atoms with van der Waals surface area (Å²) in [7, 11) is 0. The summed E-state index contributed by atoms with van der Waals surface area (Å²) in [6.07, 6.45) is 12.2. The van der Waals surface area contributed by atoms with Gasteiger partial charge in [-0.2, -0.15) is 0 Å². The molecular weight excluding hydrogens is 422 g/mol. The van der Waals surface area contributed by atoms with Crippen LogP contribution in [-0.2, 0) is 0 Å². The number of benzene rings is 2. The fourth-order valence-corrected chi connectivity index (χ4v) is 4.95. The summed E-state index contributed by atoms with van der Waals surface area (Å²) in [6.45, 7) is 6.61. The second-order valence-corrected chi connectivity index (χ2v) is 8.77. The molecule has 2 aromatic carbocycles. The van der Waals surface area contributed by atoms with E-state index in [1.165, 1.54) is 6.08 Å². The van der Waals surface area contributed by atoms with Gasteiger partial charge in [0.2, 0.25) is 5.91 Å². The maximum Gasteiger partial charge on any atom is 0.231 e. The molecule has 1 aliphatic heterocycles. The number of terminal acetylenes is 1. The van der Waals surface area contributed by atoms with Crippen LogP contribution in [0.15, 0.2) is 72.1 Å². The molecule has 34 heavy (non-hydrogen) atoms. The van der Waals surface area contributed by atoms with Gasteiger partial charge in [-0.15, -0.1) is 6.42 Å². The number of carbonyl (C=O) groups excluding carboxylic acids is 1. The zero-order chi connectivity index (χ0) is 23.9. The average Bonchev–Trinajstić information content (AvgIpc) is 3.20. The fourth-order valence-electron chi connectivity index (χ4n) is 4.95. The van der Waals surface area contributed by atoms with Crippen molar-refractivity contribution >= 4 is 27.7 Å². The number of hydrogen-bond acceptors (Lipinski definition) is 4. The second kappa shape index (κ2) is 11.1. The van der Waals surface area contributed by atoms with Gasteiger partial charge in [-0.05, 0) is 38.4 Å². The standard InChI is InChI=1S/C29H33N3O2/c1-3-12-28(33)25(4-2)31-21-19-30(20-22-31)18-11-5-6-17-29(34)32-26-15-9-7-13-23(26)24-14-8-10-16-27(24)32/h1,4,7-10,12-16,33H,5-6,11,17-22H2,2H3/b25-4+,28-12+. The number of allylic oxidation sites excluding steroid dienone is 2. The highest BCUT2D eigenvalue weighted by atomic mass is 16.3. The van der Waals surface area contributed by atoms with Gasteiger partial charge in [0.15, 0.2) is 0 Å². The molecule has 1 saturated heterocycles. The van der Waals surface area contributed by atoms with Gasteiger partial charge < -0.3 is 10.0 Å². The van der Waals surface area contributed by atoms with E-state index in [0.717, 1.165) is 79.5 Å². The normalized spacial score (nSPS) is 15.7. The molecule has 1 aromatic heterocycles. The summed E-state index contributed by atoms with van der Waals surface area (Å²) >= 11 is 0. The molecule has 5 nitrogen and oxygen atoms in total. The Labute approximate surface area is 202 Å². The number of carbonyl (C=O) groups is 1. The molecule has 0 amide bonds. The number of hydrogen-bond donors (Lipinski definition) is 1. The van der Waals surface area contributed by atoms with E-state index in [9.17, 15) is 9.90 Å². The van der Waals surface area contributed by atoms with E-state index in [1.807, 2.05) is 54.0 Å². The molecule has 0 unspecified atom stereocenters. The highest BCUT2D eigenvalue weighted by Crippen LogP contribution is 2.29. The van der Waals surface area contributed by atoms with E-state index in [2.05, 4.69) is 27.9 Å². The van der Waals surface area contributed by atoms with Crippen molar-refractivity contribution in [2.75, 3.05) is 32.7 Å². The monoisotopic (exact) mass is 455 g/mol. The summed E-state index contributed by atoms with van der Waals surface area (Å²) in [5.74, 6) is 2.72. The highest BCUT2D eigenvalue weighted by Gasteiger charge is 2.20. The van der Waals surface area contributed by atoms with Crippen molar-refractivity contribution in [1.82, 2.24) is 14.4 Å². The summed E-state index contributed by atoms with van der Waals surface area (Å²) in [6, 6.07) is 16.3. The van der Waals surface area contributed by atoms with Crippen LogP contribution in [0.5, 0.6) is 0 Å². The number of unbranched alkanes of at least 4 members (excludes halogenated alkanes) is 2. The zero-order valence-corrected chi connectivity index (χ0v) is 19.9. The topological polar surface area (TPSA) is 48.7 Å². The predicted molar refractivity (Wildman–Crippen MR) is 140 cm³/mol. The summed E-state index contributed by atoms with van der Waals surface area (Å²) in [4.78, 5) is 17.8. The van der Waals surface area contributed by atoms with Crippen LogP contribution in [0.25, 0.3) is 21.8 Å². The third-order valence-corrected chi connectivity index (χ3v) is 6.66. The first-order chi connectivity index (χ1) is 16.6.